The van der Waals surface area contributed by atoms with Gasteiger partial charge >= 0.3 is 0 Å². The van der Waals surface area contributed by atoms with Gasteiger partial charge in [-0.05, 0) is 56.9 Å². The zero-order valence-electron chi connectivity index (χ0n) is 17.2. The topological polar surface area (TPSA) is 118 Å². The number of nitrogens with zero attached hydrogens (tertiary/aromatic N) is 1. The van der Waals surface area contributed by atoms with Gasteiger partial charge in [0.2, 0.25) is 10.0 Å². The summed E-state index contributed by atoms with van der Waals surface area (Å²) < 4.78 is 37.7. The number of anilines is 2. The molecule has 1 unspecified atom stereocenters. The molecule has 10 heteroatoms. The van der Waals surface area contributed by atoms with E-state index in [0.717, 1.165) is 19.3 Å². The summed E-state index contributed by atoms with van der Waals surface area (Å²) in [4.78, 5) is 24.7. The summed E-state index contributed by atoms with van der Waals surface area (Å²) in [5.41, 5.74) is 1.07. The van der Waals surface area contributed by atoms with Crippen LogP contribution in [0.25, 0.3) is 0 Å². The van der Waals surface area contributed by atoms with Gasteiger partial charge in [-0.3, -0.25) is 9.59 Å². The van der Waals surface area contributed by atoms with Crippen molar-refractivity contribution in [2.45, 2.75) is 43.6 Å². The number of furan rings is 1. The summed E-state index contributed by atoms with van der Waals surface area (Å²) in [7, 11) is -3.67. The van der Waals surface area contributed by atoms with E-state index < -0.39 is 22.0 Å². The van der Waals surface area contributed by atoms with Gasteiger partial charge in [0.25, 0.3) is 11.8 Å². The van der Waals surface area contributed by atoms with Crippen LogP contribution in [0.4, 0.5) is 11.4 Å². The van der Waals surface area contributed by atoms with Gasteiger partial charge in [-0.15, -0.1) is 0 Å². The fraction of sp³-hybridized carbons (Fsp3) is 0.429. The number of aryl methyl sites for hydroxylation is 1. The molecule has 0 spiro atoms. The van der Waals surface area contributed by atoms with E-state index in [1.807, 2.05) is 0 Å². The maximum absolute atomic E-state index is 12.8. The lowest BCUT2D eigenvalue weighted by Crippen LogP contribution is -2.28. The van der Waals surface area contributed by atoms with Gasteiger partial charge in [-0.1, -0.05) is 0 Å². The van der Waals surface area contributed by atoms with Crippen LogP contribution in [0, 0.1) is 6.92 Å². The predicted octanol–water partition coefficient (Wildman–Crippen LogP) is 2.74. The number of carbonyl (C=O) groups excluding carboxylic acids is 2. The molecule has 3 heterocycles. The molecule has 0 bridgehead atoms. The first kappa shape index (κ1) is 21.5. The molecule has 0 aliphatic carbocycles. The van der Waals surface area contributed by atoms with Crippen LogP contribution in [0.5, 0.6) is 0 Å². The van der Waals surface area contributed by atoms with E-state index >= 15 is 0 Å². The molecule has 2 amide bonds. The predicted molar refractivity (Wildman–Crippen MR) is 113 cm³/mol. The Bertz CT molecular complexity index is 1070. The third-order valence-corrected chi connectivity index (χ3v) is 7.42. The highest BCUT2D eigenvalue weighted by atomic mass is 32.2. The number of sulfonamides is 1. The summed E-state index contributed by atoms with van der Waals surface area (Å²) in [6.45, 7) is 3.08. The number of amides is 2. The number of carbonyl (C=O) groups is 2. The summed E-state index contributed by atoms with van der Waals surface area (Å²) in [6.07, 6.45) is 2.81. The highest BCUT2D eigenvalue weighted by Gasteiger charge is 2.31. The highest BCUT2D eigenvalue weighted by Crippen LogP contribution is 2.27. The molecule has 2 N–H and O–H groups in total. The largest absolute Gasteiger partial charge is 0.455 e. The average Bonchev–Trinajstić information content (AvgIpc) is 3.51. The van der Waals surface area contributed by atoms with E-state index in [9.17, 15) is 18.0 Å². The number of hydrogen-bond donors (Lipinski definition) is 2. The first-order valence-electron chi connectivity index (χ1n) is 10.3. The van der Waals surface area contributed by atoms with Crippen LogP contribution in [-0.2, 0) is 19.6 Å². The van der Waals surface area contributed by atoms with Crippen LogP contribution in [-0.4, -0.2) is 50.3 Å². The zero-order valence-corrected chi connectivity index (χ0v) is 18.0. The van der Waals surface area contributed by atoms with Crippen molar-refractivity contribution >= 4 is 33.2 Å². The normalized spacial score (nSPS) is 19.5. The second-order valence-electron chi connectivity index (χ2n) is 7.66. The first-order valence-corrected chi connectivity index (χ1v) is 11.7. The average molecular weight is 448 g/mol. The van der Waals surface area contributed by atoms with Crippen molar-refractivity contribution in [2.75, 3.05) is 30.3 Å². The molecule has 1 aromatic carbocycles. The zero-order chi connectivity index (χ0) is 22.0. The lowest BCUT2D eigenvalue weighted by Gasteiger charge is -2.14. The Morgan fingerprint density at radius 3 is 2.29 bits per heavy atom. The number of benzene rings is 1. The van der Waals surface area contributed by atoms with E-state index in [1.165, 1.54) is 17.3 Å². The number of rotatable bonds is 6. The fourth-order valence-electron chi connectivity index (χ4n) is 3.74. The second kappa shape index (κ2) is 8.81. The van der Waals surface area contributed by atoms with E-state index in [2.05, 4.69) is 10.6 Å². The van der Waals surface area contributed by atoms with Crippen molar-refractivity contribution in [2.24, 2.45) is 0 Å². The summed E-state index contributed by atoms with van der Waals surface area (Å²) in [6, 6.07) is 7.88. The van der Waals surface area contributed by atoms with Crippen molar-refractivity contribution in [1.29, 1.82) is 0 Å². The SMILES string of the molecule is Cc1oc(C(=O)Nc2ccc(NC(=O)C3CCCO3)cc2)cc1S(=O)(=O)N1CCCC1. The molecule has 2 aromatic rings. The Morgan fingerprint density at radius 1 is 1.03 bits per heavy atom. The van der Waals surface area contributed by atoms with E-state index in [1.54, 1.807) is 24.3 Å². The molecule has 1 aromatic heterocycles. The van der Waals surface area contributed by atoms with Crippen molar-refractivity contribution in [3.8, 4) is 0 Å². The van der Waals surface area contributed by atoms with Crippen LogP contribution in [0.3, 0.4) is 0 Å². The Kier molecular flexibility index (Phi) is 6.12. The van der Waals surface area contributed by atoms with Crippen molar-refractivity contribution in [1.82, 2.24) is 4.31 Å². The Balaban J connectivity index is 1.41. The molecular formula is C21H25N3O6S. The Hall–Kier alpha value is -2.69. The second-order valence-corrected chi connectivity index (χ2v) is 9.57. The van der Waals surface area contributed by atoms with E-state index in [4.69, 9.17) is 9.15 Å². The number of hydrogen-bond acceptors (Lipinski definition) is 6. The Labute approximate surface area is 180 Å². The monoisotopic (exact) mass is 447 g/mol. The number of nitrogens with one attached hydrogen (secondary N) is 2. The molecule has 1 atom stereocenters. The van der Waals surface area contributed by atoms with Crippen molar-refractivity contribution in [3.63, 3.8) is 0 Å². The molecule has 2 fully saturated rings. The molecule has 0 radical (unpaired) electrons. The van der Waals surface area contributed by atoms with Gasteiger partial charge in [0.1, 0.15) is 16.8 Å². The van der Waals surface area contributed by atoms with Crippen LogP contribution >= 0.6 is 0 Å². The number of ether oxygens (including phenoxy) is 1. The third kappa shape index (κ3) is 4.65. The minimum Gasteiger partial charge on any atom is -0.455 e. The minimum atomic E-state index is -3.67. The van der Waals surface area contributed by atoms with Gasteiger partial charge in [0.15, 0.2) is 5.76 Å². The van der Waals surface area contributed by atoms with Gasteiger partial charge in [-0.25, -0.2) is 8.42 Å². The van der Waals surface area contributed by atoms with Crippen molar-refractivity contribution in [3.05, 3.63) is 41.9 Å². The van der Waals surface area contributed by atoms with E-state index in [-0.39, 0.29) is 22.3 Å². The third-order valence-electron chi connectivity index (χ3n) is 5.41. The molecule has 2 aliphatic rings. The lowest BCUT2D eigenvalue weighted by molar-refractivity contribution is -0.124. The summed E-state index contributed by atoms with van der Waals surface area (Å²) in [5.74, 6) is -0.635. The van der Waals surface area contributed by atoms with Gasteiger partial charge in [-0.2, -0.15) is 4.31 Å². The standard InChI is InChI=1S/C21H25N3O6S/c1-14-19(31(27,28)24-10-2-3-11-24)13-18(30-14)21(26)23-16-8-6-15(7-9-16)22-20(25)17-5-4-12-29-17/h6-9,13,17H,2-5,10-12H2,1H3,(H,22,25)(H,23,26). The molecule has 2 saturated heterocycles. The van der Waals surface area contributed by atoms with Crippen LogP contribution in [0.2, 0.25) is 0 Å². The summed E-state index contributed by atoms with van der Waals surface area (Å²) >= 11 is 0. The smallest absolute Gasteiger partial charge is 0.291 e. The van der Waals surface area contributed by atoms with E-state index in [0.29, 0.717) is 37.5 Å². The highest BCUT2D eigenvalue weighted by molar-refractivity contribution is 7.89. The molecule has 9 nitrogen and oxygen atoms in total. The van der Waals surface area contributed by atoms with Crippen LogP contribution < -0.4 is 10.6 Å². The maximum Gasteiger partial charge on any atom is 0.291 e. The molecule has 2 aliphatic heterocycles. The summed E-state index contributed by atoms with van der Waals surface area (Å²) in [5, 5.41) is 5.46. The fourth-order valence-corrected chi connectivity index (χ4v) is 5.42. The minimum absolute atomic E-state index is 0.0201. The van der Waals surface area contributed by atoms with Crippen LogP contribution in [0.15, 0.2) is 39.6 Å². The quantitative estimate of drug-likeness (QED) is 0.703. The molecule has 0 saturated carbocycles. The molecular weight excluding hydrogens is 422 g/mol. The van der Waals surface area contributed by atoms with Crippen LogP contribution in [0.1, 0.15) is 42.0 Å². The molecule has 31 heavy (non-hydrogen) atoms. The van der Waals surface area contributed by atoms with Crippen molar-refractivity contribution < 1.29 is 27.2 Å². The first-order chi connectivity index (χ1) is 14.8. The van der Waals surface area contributed by atoms with Gasteiger partial charge in [0, 0.05) is 37.1 Å². The lowest BCUT2D eigenvalue weighted by atomic mass is 10.2. The maximum atomic E-state index is 12.8. The molecule has 166 valence electrons. The Morgan fingerprint density at radius 2 is 1.68 bits per heavy atom. The van der Waals surface area contributed by atoms with Gasteiger partial charge < -0.3 is 19.8 Å². The molecule has 4 rings (SSSR count). The van der Waals surface area contributed by atoms with Gasteiger partial charge in [0.05, 0.1) is 0 Å².